The van der Waals surface area contributed by atoms with Gasteiger partial charge >= 0.3 is 0 Å². The summed E-state index contributed by atoms with van der Waals surface area (Å²) in [5.74, 6) is 0.837. The van der Waals surface area contributed by atoms with Gasteiger partial charge in [0.1, 0.15) is 5.84 Å². The van der Waals surface area contributed by atoms with E-state index < -0.39 is 5.72 Å². The van der Waals surface area contributed by atoms with Crippen LogP contribution in [-0.2, 0) is 5.72 Å². The van der Waals surface area contributed by atoms with E-state index in [0.29, 0.717) is 28.7 Å². The van der Waals surface area contributed by atoms with Gasteiger partial charge in [0.2, 0.25) is 0 Å². The Hall–Kier alpha value is -1.55. The Kier molecular flexibility index (Phi) is 2.80. The highest BCUT2D eigenvalue weighted by Crippen LogP contribution is 2.44. The molecule has 5 heteroatoms. The molecule has 2 aliphatic rings. The average molecular weight is 319 g/mol. The number of aliphatic imine (C=N–C) groups is 1. The molecule has 1 atom stereocenters. The zero-order valence-corrected chi connectivity index (χ0v) is 12.6. The fourth-order valence-electron chi connectivity index (χ4n) is 3.19. The molecule has 3 nitrogen and oxygen atoms in total. The molecule has 2 aliphatic heterocycles. The van der Waals surface area contributed by atoms with Crippen LogP contribution in [0.3, 0.4) is 0 Å². The van der Waals surface area contributed by atoms with Crippen molar-refractivity contribution >= 4 is 29.0 Å². The van der Waals surface area contributed by atoms with Crippen molar-refractivity contribution in [3.63, 3.8) is 0 Å². The van der Waals surface area contributed by atoms with Gasteiger partial charge in [-0.1, -0.05) is 47.5 Å². The summed E-state index contributed by atoms with van der Waals surface area (Å²) in [6, 6.07) is 12.9. The smallest absolute Gasteiger partial charge is 0.193 e. The second kappa shape index (κ2) is 4.47. The van der Waals surface area contributed by atoms with Crippen molar-refractivity contribution in [3.8, 4) is 0 Å². The molecule has 0 amide bonds. The maximum atomic E-state index is 11.5. The molecule has 0 saturated carbocycles. The molecule has 1 N–H and O–H groups in total. The van der Waals surface area contributed by atoms with Crippen molar-refractivity contribution in [1.29, 1.82) is 0 Å². The van der Waals surface area contributed by atoms with E-state index in [2.05, 4.69) is 4.99 Å². The van der Waals surface area contributed by atoms with Crippen molar-refractivity contribution in [1.82, 2.24) is 4.90 Å². The maximum Gasteiger partial charge on any atom is 0.193 e. The van der Waals surface area contributed by atoms with Crippen LogP contribution < -0.4 is 0 Å². The summed E-state index contributed by atoms with van der Waals surface area (Å²) in [5.41, 5.74) is 1.19. The number of halogens is 2. The summed E-state index contributed by atoms with van der Waals surface area (Å²) >= 11 is 12.2. The van der Waals surface area contributed by atoms with Crippen LogP contribution in [0.4, 0.5) is 0 Å². The summed E-state index contributed by atoms with van der Waals surface area (Å²) in [7, 11) is 0. The Balaban J connectivity index is 2.00. The van der Waals surface area contributed by atoms with Gasteiger partial charge in [0.05, 0.1) is 6.54 Å². The van der Waals surface area contributed by atoms with Gasteiger partial charge in [0.15, 0.2) is 5.72 Å². The monoisotopic (exact) mass is 318 g/mol. The SMILES string of the molecule is OC1(c2cc(Cl)cc(Cl)c2)c2ccccc2C2=NCCN21. The van der Waals surface area contributed by atoms with Crippen LogP contribution in [0, 0.1) is 0 Å². The molecule has 2 aromatic carbocycles. The van der Waals surface area contributed by atoms with Crippen LogP contribution in [0.25, 0.3) is 0 Å². The van der Waals surface area contributed by atoms with E-state index in [-0.39, 0.29) is 0 Å². The molecule has 1 unspecified atom stereocenters. The number of hydrogen-bond donors (Lipinski definition) is 1. The second-order valence-electron chi connectivity index (χ2n) is 5.23. The zero-order chi connectivity index (χ0) is 14.6. The molecule has 21 heavy (non-hydrogen) atoms. The second-order valence-corrected chi connectivity index (χ2v) is 6.11. The number of nitrogens with zero attached hydrogens (tertiary/aromatic N) is 2. The Bertz CT molecular complexity index is 754. The molecule has 2 aromatic rings. The van der Waals surface area contributed by atoms with Crippen LogP contribution >= 0.6 is 23.2 Å². The van der Waals surface area contributed by atoms with Crippen molar-refractivity contribution < 1.29 is 5.11 Å². The summed E-state index contributed by atoms with van der Waals surface area (Å²) in [4.78, 5) is 6.44. The molecule has 0 aliphatic carbocycles. The van der Waals surface area contributed by atoms with Crippen LogP contribution in [0.2, 0.25) is 10.0 Å². The van der Waals surface area contributed by atoms with Gasteiger partial charge in [-0.3, -0.25) is 4.99 Å². The molecule has 2 heterocycles. The van der Waals surface area contributed by atoms with Crippen LogP contribution in [0.5, 0.6) is 0 Å². The minimum atomic E-state index is -1.26. The van der Waals surface area contributed by atoms with Crippen LogP contribution in [0.15, 0.2) is 47.5 Å². The van der Waals surface area contributed by atoms with Gasteiger partial charge in [-0.15, -0.1) is 0 Å². The highest BCUT2D eigenvalue weighted by Gasteiger charge is 2.49. The Morgan fingerprint density at radius 3 is 2.57 bits per heavy atom. The average Bonchev–Trinajstić information content (AvgIpc) is 3.02. The number of hydrogen-bond acceptors (Lipinski definition) is 3. The van der Waals surface area contributed by atoms with E-state index in [0.717, 1.165) is 17.0 Å². The van der Waals surface area contributed by atoms with Gasteiger partial charge in [-0.2, -0.15) is 0 Å². The molecular formula is C16H12Cl2N2O. The molecule has 0 fully saturated rings. The summed E-state index contributed by atoms with van der Waals surface area (Å²) in [6.07, 6.45) is 0. The van der Waals surface area contributed by atoms with Crippen molar-refractivity contribution in [2.45, 2.75) is 5.72 Å². The lowest BCUT2D eigenvalue weighted by Crippen LogP contribution is -2.43. The molecule has 4 rings (SSSR count). The fraction of sp³-hybridized carbons (Fsp3) is 0.188. The minimum Gasteiger partial charge on any atom is -0.363 e. The molecule has 0 aromatic heterocycles. The van der Waals surface area contributed by atoms with E-state index in [1.165, 1.54) is 0 Å². The summed E-state index contributed by atoms with van der Waals surface area (Å²) < 4.78 is 0. The van der Waals surface area contributed by atoms with Crippen molar-refractivity contribution in [3.05, 3.63) is 69.2 Å². The topological polar surface area (TPSA) is 35.8 Å². The third kappa shape index (κ3) is 1.75. The molecule has 0 spiro atoms. The van der Waals surface area contributed by atoms with E-state index in [4.69, 9.17) is 23.2 Å². The van der Waals surface area contributed by atoms with Crippen molar-refractivity contribution in [2.24, 2.45) is 4.99 Å². The number of benzene rings is 2. The van der Waals surface area contributed by atoms with Crippen LogP contribution in [-0.4, -0.2) is 28.9 Å². The highest BCUT2D eigenvalue weighted by atomic mass is 35.5. The normalized spacial score (nSPS) is 23.0. The number of rotatable bonds is 1. The lowest BCUT2D eigenvalue weighted by Gasteiger charge is -2.34. The number of fused-ring (bicyclic) bond motifs is 3. The first-order valence-corrected chi connectivity index (χ1v) is 7.47. The van der Waals surface area contributed by atoms with Gasteiger partial charge < -0.3 is 10.0 Å². The Morgan fingerprint density at radius 2 is 1.81 bits per heavy atom. The third-order valence-electron chi connectivity index (χ3n) is 4.04. The van der Waals surface area contributed by atoms with Crippen LogP contribution in [0.1, 0.15) is 16.7 Å². The lowest BCUT2D eigenvalue weighted by atomic mass is 9.93. The van der Waals surface area contributed by atoms with E-state index in [1.807, 2.05) is 29.2 Å². The van der Waals surface area contributed by atoms with E-state index in [9.17, 15) is 5.11 Å². The number of aliphatic hydroxyl groups is 1. The van der Waals surface area contributed by atoms with Gasteiger partial charge in [0, 0.05) is 33.3 Å². The predicted molar refractivity (Wildman–Crippen MR) is 84.0 cm³/mol. The molecule has 0 bridgehead atoms. The first-order chi connectivity index (χ1) is 10.1. The quantitative estimate of drug-likeness (QED) is 0.876. The number of amidine groups is 1. The van der Waals surface area contributed by atoms with E-state index in [1.54, 1.807) is 18.2 Å². The zero-order valence-electron chi connectivity index (χ0n) is 11.1. The summed E-state index contributed by atoms with van der Waals surface area (Å²) in [6.45, 7) is 1.35. The van der Waals surface area contributed by atoms with E-state index >= 15 is 0 Å². The van der Waals surface area contributed by atoms with Gasteiger partial charge in [-0.25, -0.2) is 0 Å². The van der Waals surface area contributed by atoms with Gasteiger partial charge in [-0.05, 0) is 18.2 Å². The van der Waals surface area contributed by atoms with Gasteiger partial charge in [0.25, 0.3) is 0 Å². The largest absolute Gasteiger partial charge is 0.363 e. The third-order valence-corrected chi connectivity index (χ3v) is 4.48. The lowest BCUT2D eigenvalue weighted by molar-refractivity contribution is -0.0242. The molecule has 106 valence electrons. The minimum absolute atomic E-state index is 0.507. The Morgan fingerprint density at radius 1 is 1.10 bits per heavy atom. The standard InChI is InChI=1S/C16H12Cl2N2O/c17-11-7-10(8-12(18)9-11)16(21)14-4-2-1-3-13(14)15-19-5-6-20(15)16/h1-4,7-9,21H,5-6H2. The highest BCUT2D eigenvalue weighted by molar-refractivity contribution is 6.34. The molecule has 0 radical (unpaired) electrons. The predicted octanol–water partition coefficient (Wildman–Crippen LogP) is 3.26. The first kappa shape index (κ1) is 13.1. The molecular weight excluding hydrogens is 307 g/mol. The summed E-state index contributed by atoms with van der Waals surface area (Å²) in [5, 5.41) is 12.5. The Labute approximate surface area is 132 Å². The fourth-order valence-corrected chi connectivity index (χ4v) is 3.71. The maximum absolute atomic E-state index is 11.5. The van der Waals surface area contributed by atoms with Crippen molar-refractivity contribution in [2.75, 3.05) is 13.1 Å². The first-order valence-electron chi connectivity index (χ1n) is 6.71. The molecule has 0 saturated heterocycles.